The number of piperazine rings is 1. The molecule has 0 bridgehead atoms. The van der Waals surface area contributed by atoms with E-state index in [0.29, 0.717) is 32.1 Å². The van der Waals surface area contributed by atoms with Gasteiger partial charge in [-0.1, -0.05) is 30.3 Å². The van der Waals surface area contributed by atoms with Gasteiger partial charge in [0, 0.05) is 44.3 Å². The van der Waals surface area contributed by atoms with Crippen LogP contribution in [0.2, 0.25) is 0 Å². The van der Waals surface area contributed by atoms with Crippen LogP contribution in [0.15, 0.2) is 53.5 Å². The lowest BCUT2D eigenvalue weighted by Gasteiger charge is -2.28. The van der Waals surface area contributed by atoms with Gasteiger partial charge in [0.2, 0.25) is 5.91 Å². The van der Waals surface area contributed by atoms with E-state index in [9.17, 15) is 9.18 Å². The first-order chi connectivity index (χ1) is 14.6. The Balaban J connectivity index is 1.30. The van der Waals surface area contributed by atoms with Crippen molar-refractivity contribution in [1.29, 1.82) is 0 Å². The Kier molecular flexibility index (Phi) is 5.88. The summed E-state index contributed by atoms with van der Waals surface area (Å²) in [4.78, 5) is 17.9. The normalized spacial score (nSPS) is 18.0. The largest absolute Gasteiger partial charge is 0.360 e. The minimum Gasteiger partial charge on any atom is -0.360 e. The highest BCUT2D eigenvalue weighted by Gasteiger charge is 2.45. The summed E-state index contributed by atoms with van der Waals surface area (Å²) < 4.78 is 14.2. The van der Waals surface area contributed by atoms with Gasteiger partial charge < -0.3 is 20.9 Å². The molecule has 2 aliphatic rings. The highest BCUT2D eigenvalue weighted by atomic mass is 19.1. The van der Waals surface area contributed by atoms with Crippen LogP contribution in [-0.4, -0.2) is 45.1 Å². The molecule has 6 nitrogen and oxygen atoms in total. The van der Waals surface area contributed by atoms with Gasteiger partial charge in [-0.05, 0) is 42.2 Å². The zero-order chi connectivity index (χ0) is 21.0. The van der Waals surface area contributed by atoms with Crippen LogP contribution in [0.3, 0.4) is 0 Å². The number of amides is 1. The molecule has 1 amide bonds. The molecule has 4 rings (SSSR count). The number of rotatable bonds is 6. The molecule has 1 aliphatic carbocycles. The number of nitrogens with one attached hydrogen (secondary N) is 3. The van der Waals surface area contributed by atoms with E-state index in [0.717, 1.165) is 36.2 Å². The van der Waals surface area contributed by atoms with Crippen molar-refractivity contribution in [3.8, 4) is 0 Å². The summed E-state index contributed by atoms with van der Waals surface area (Å²) in [5, 5.41) is 9.52. The van der Waals surface area contributed by atoms with Crippen molar-refractivity contribution in [3.63, 3.8) is 0 Å². The lowest BCUT2D eigenvalue weighted by Crippen LogP contribution is -2.47. The first-order valence-corrected chi connectivity index (χ1v) is 10.4. The fourth-order valence-electron chi connectivity index (χ4n) is 3.93. The summed E-state index contributed by atoms with van der Waals surface area (Å²) in [6.07, 6.45) is 1.96. The SMILES string of the molecule is CN=C(NCc1ccc(N2CCNC(=O)C2)cc1)NCC1(c2ccccc2F)CC1. The number of nitrogens with zero attached hydrogens (tertiary/aromatic N) is 2. The summed E-state index contributed by atoms with van der Waals surface area (Å²) in [6, 6.07) is 15.2. The highest BCUT2D eigenvalue weighted by Crippen LogP contribution is 2.48. The van der Waals surface area contributed by atoms with Gasteiger partial charge in [0.05, 0.1) is 6.54 Å². The van der Waals surface area contributed by atoms with Crippen LogP contribution in [0.25, 0.3) is 0 Å². The molecule has 1 heterocycles. The summed E-state index contributed by atoms with van der Waals surface area (Å²) in [6.45, 7) is 3.19. The van der Waals surface area contributed by atoms with Crippen LogP contribution in [0.1, 0.15) is 24.0 Å². The third kappa shape index (κ3) is 4.56. The van der Waals surface area contributed by atoms with E-state index in [4.69, 9.17) is 0 Å². The average Bonchev–Trinajstić information content (AvgIpc) is 3.55. The van der Waals surface area contributed by atoms with E-state index in [1.165, 1.54) is 6.07 Å². The van der Waals surface area contributed by atoms with E-state index in [1.807, 2.05) is 24.3 Å². The second-order valence-corrected chi connectivity index (χ2v) is 7.98. The molecule has 1 saturated carbocycles. The maximum absolute atomic E-state index is 14.2. The topological polar surface area (TPSA) is 68.8 Å². The highest BCUT2D eigenvalue weighted by molar-refractivity contribution is 5.82. The number of hydrogen-bond acceptors (Lipinski definition) is 3. The molecule has 0 radical (unpaired) electrons. The zero-order valence-corrected chi connectivity index (χ0v) is 17.2. The summed E-state index contributed by atoms with van der Waals surface area (Å²) in [5.41, 5.74) is 2.83. The van der Waals surface area contributed by atoms with Crippen molar-refractivity contribution < 1.29 is 9.18 Å². The molecular formula is C23H28FN5O. The Morgan fingerprint density at radius 2 is 1.93 bits per heavy atom. The van der Waals surface area contributed by atoms with Gasteiger partial charge in [0.25, 0.3) is 0 Å². The molecule has 2 fully saturated rings. The van der Waals surface area contributed by atoms with Crippen LogP contribution in [0, 0.1) is 5.82 Å². The molecule has 0 aromatic heterocycles. The van der Waals surface area contributed by atoms with Gasteiger partial charge in [-0.15, -0.1) is 0 Å². The molecule has 0 spiro atoms. The number of guanidine groups is 1. The van der Waals surface area contributed by atoms with Crippen LogP contribution in [0.4, 0.5) is 10.1 Å². The minimum atomic E-state index is -0.134. The zero-order valence-electron chi connectivity index (χ0n) is 17.2. The summed E-state index contributed by atoms with van der Waals surface area (Å²) >= 11 is 0. The number of halogens is 1. The van der Waals surface area contributed by atoms with Gasteiger partial charge in [0.15, 0.2) is 5.96 Å². The Morgan fingerprint density at radius 3 is 2.60 bits per heavy atom. The van der Waals surface area contributed by atoms with Crippen molar-refractivity contribution in [3.05, 3.63) is 65.5 Å². The van der Waals surface area contributed by atoms with Gasteiger partial charge in [-0.3, -0.25) is 9.79 Å². The maximum atomic E-state index is 14.2. The van der Waals surface area contributed by atoms with E-state index < -0.39 is 0 Å². The first-order valence-electron chi connectivity index (χ1n) is 10.4. The molecule has 30 heavy (non-hydrogen) atoms. The number of carbonyl (C=O) groups excluding carboxylic acids is 1. The molecular weight excluding hydrogens is 381 g/mol. The van der Waals surface area contributed by atoms with Crippen molar-refractivity contribution in [2.24, 2.45) is 4.99 Å². The lowest BCUT2D eigenvalue weighted by molar-refractivity contribution is -0.120. The molecule has 2 aromatic rings. The van der Waals surface area contributed by atoms with E-state index in [1.54, 1.807) is 13.1 Å². The number of aliphatic imine (C=N–C) groups is 1. The number of anilines is 1. The molecule has 0 unspecified atom stereocenters. The third-order valence-electron chi connectivity index (χ3n) is 5.92. The van der Waals surface area contributed by atoms with E-state index in [-0.39, 0.29) is 17.1 Å². The first kappa shape index (κ1) is 20.2. The molecule has 2 aromatic carbocycles. The van der Waals surface area contributed by atoms with Crippen LogP contribution in [-0.2, 0) is 16.8 Å². The molecule has 3 N–H and O–H groups in total. The quantitative estimate of drug-likeness (QED) is 0.505. The van der Waals surface area contributed by atoms with E-state index in [2.05, 4.69) is 38.0 Å². The van der Waals surface area contributed by atoms with Crippen LogP contribution >= 0.6 is 0 Å². The fourth-order valence-corrected chi connectivity index (χ4v) is 3.93. The standard InChI is InChI=1S/C23H28FN5O/c1-25-22(28-16-23(10-11-23)19-4-2-3-5-20(19)24)27-14-17-6-8-18(9-7-17)29-13-12-26-21(30)15-29/h2-9H,10-16H2,1H3,(H,26,30)(H2,25,27,28). The predicted molar refractivity (Wildman–Crippen MR) is 117 cm³/mol. The minimum absolute atomic E-state index is 0.0608. The van der Waals surface area contributed by atoms with Crippen LogP contribution in [0.5, 0.6) is 0 Å². The van der Waals surface area contributed by atoms with Gasteiger partial charge in [-0.25, -0.2) is 4.39 Å². The second kappa shape index (κ2) is 8.73. The fraction of sp³-hybridized carbons (Fsp3) is 0.391. The Bertz CT molecular complexity index is 923. The smallest absolute Gasteiger partial charge is 0.239 e. The lowest BCUT2D eigenvalue weighted by atomic mass is 9.95. The molecule has 0 atom stereocenters. The number of benzene rings is 2. The monoisotopic (exact) mass is 409 g/mol. The van der Waals surface area contributed by atoms with Crippen molar-refractivity contribution >= 4 is 17.6 Å². The van der Waals surface area contributed by atoms with Crippen molar-refractivity contribution in [2.45, 2.75) is 24.8 Å². The Labute approximate surface area is 176 Å². The van der Waals surface area contributed by atoms with Crippen molar-refractivity contribution in [2.75, 3.05) is 38.1 Å². The van der Waals surface area contributed by atoms with Crippen molar-refractivity contribution in [1.82, 2.24) is 16.0 Å². The summed E-state index contributed by atoms with van der Waals surface area (Å²) in [5.74, 6) is 0.631. The third-order valence-corrected chi connectivity index (χ3v) is 5.92. The van der Waals surface area contributed by atoms with E-state index >= 15 is 0 Å². The number of carbonyl (C=O) groups is 1. The molecule has 158 valence electrons. The Hall–Kier alpha value is -3.09. The number of hydrogen-bond donors (Lipinski definition) is 3. The van der Waals surface area contributed by atoms with Gasteiger partial charge in [-0.2, -0.15) is 0 Å². The Morgan fingerprint density at radius 1 is 1.17 bits per heavy atom. The average molecular weight is 410 g/mol. The second-order valence-electron chi connectivity index (χ2n) is 7.98. The maximum Gasteiger partial charge on any atom is 0.239 e. The molecule has 7 heteroatoms. The predicted octanol–water partition coefficient (Wildman–Crippen LogP) is 2.16. The molecule has 1 aliphatic heterocycles. The van der Waals surface area contributed by atoms with Gasteiger partial charge >= 0.3 is 0 Å². The van der Waals surface area contributed by atoms with Gasteiger partial charge in [0.1, 0.15) is 5.82 Å². The van der Waals surface area contributed by atoms with Crippen LogP contribution < -0.4 is 20.9 Å². The summed E-state index contributed by atoms with van der Waals surface area (Å²) in [7, 11) is 1.74. The molecule has 1 saturated heterocycles.